The van der Waals surface area contributed by atoms with Crippen LogP contribution in [0.3, 0.4) is 0 Å². The molecule has 3 rings (SSSR count). The van der Waals surface area contributed by atoms with Crippen LogP contribution < -0.4 is 5.73 Å². The fourth-order valence-electron chi connectivity index (χ4n) is 1.59. The average molecular weight is 340 g/mol. The van der Waals surface area contributed by atoms with Crippen molar-refractivity contribution < 1.29 is 8.91 Å². The first-order valence-electron chi connectivity index (χ1n) is 5.27. The fraction of sp³-hybridized carbons (Fsp3) is 0. The summed E-state index contributed by atoms with van der Waals surface area (Å²) in [5.41, 5.74) is 6.06. The Morgan fingerprint density at radius 3 is 2.95 bits per heavy atom. The van der Waals surface area contributed by atoms with Gasteiger partial charge in [0.15, 0.2) is 0 Å². The number of aromatic nitrogens is 2. The number of benzene rings is 1. The summed E-state index contributed by atoms with van der Waals surface area (Å²) in [6, 6.07) is 6.35. The summed E-state index contributed by atoms with van der Waals surface area (Å²) in [7, 11) is 0. The molecule has 2 aromatic heterocycles. The zero-order valence-corrected chi connectivity index (χ0v) is 11.8. The summed E-state index contributed by atoms with van der Waals surface area (Å²) in [5.74, 6) is 0.155. The van der Waals surface area contributed by atoms with Gasteiger partial charge in [0.1, 0.15) is 5.82 Å². The number of nitrogens with zero attached hydrogens (tertiary/aromatic N) is 2. The average Bonchev–Trinajstić information content (AvgIpc) is 3.01. The monoisotopic (exact) mass is 339 g/mol. The Morgan fingerprint density at radius 2 is 2.21 bits per heavy atom. The van der Waals surface area contributed by atoms with Crippen molar-refractivity contribution in [2.75, 3.05) is 5.73 Å². The molecular formula is C12H7BrFN3OS. The molecule has 0 saturated carbocycles. The Bertz CT molecular complexity index is 740. The highest BCUT2D eigenvalue weighted by atomic mass is 79.9. The van der Waals surface area contributed by atoms with Crippen molar-refractivity contribution in [3.63, 3.8) is 0 Å². The molecule has 96 valence electrons. The normalized spacial score (nSPS) is 10.8. The fourth-order valence-corrected chi connectivity index (χ4v) is 2.94. The Hall–Kier alpha value is -1.73. The zero-order chi connectivity index (χ0) is 13.4. The first-order valence-corrected chi connectivity index (χ1v) is 6.95. The molecule has 3 aromatic rings. The molecule has 0 aliphatic heterocycles. The lowest BCUT2D eigenvalue weighted by atomic mass is 10.2. The van der Waals surface area contributed by atoms with E-state index >= 15 is 0 Å². The summed E-state index contributed by atoms with van der Waals surface area (Å²) in [5, 5.41) is 5.79. The largest absolute Gasteiger partial charge is 0.396 e. The molecule has 0 atom stereocenters. The molecule has 0 fully saturated rings. The maximum absolute atomic E-state index is 13.4. The van der Waals surface area contributed by atoms with E-state index in [4.69, 9.17) is 10.3 Å². The van der Waals surface area contributed by atoms with E-state index in [1.807, 2.05) is 11.4 Å². The lowest BCUT2D eigenvalue weighted by Gasteiger charge is -2.00. The van der Waals surface area contributed by atoms with Gasteiger partial charge in [-0.15, -0.1) is 11.3 Å². The van der Waals surface area contributed by atoms with Crippen LogP contribution in [-0.4, -0.2) is 10.1 Å². The smallest absolute Gasteiger partial charge is 0.260 e. The molecule has 19 heavy (non-hydrogen) atoms. The minimum absolute atomic E-state index is 0.00469. The van der Waals surface area contributed by atoms with Crippen LogP contribution in [0.2, 0.25) is 0 Å². The topological polar surface area (TPSA) is 64.9 Å². The second-order valence-electron chi connectivity index (χ2n) is 3.75. The van der Waals surface area contributed by atoms with Crippen LogP contribution in [0.5, 0.6) is 0 Å². The van der Waals surface area contributed by atoms with Gasteiger partial charge in [-0.3, -0.25) is 0 Å². The zero-order valence-electron chi connectivity index (χ0n) is 9.43. The number of anilines is 1. The van der Waals surface area contributed by atoms with E-state index in [2.05, 4.69) is 26.1 Å². The van der Waals surface area contributed by atoms with Gasteiger partial charge in [0.05, 0.1) is 16.1 Å². The number of hydrogen-bond acceptors (Lipinski definition) is 5. The summed E-state index contributed by atoms with van der Waals surface area (Å²) in [6.45, 7) is 0. The molecule has 0 amide bonds. The number of thiophene rings is 1. The number of para-hydroxylation sites is 1. The number of rotatable bonds is 2. The standard InChI is InChI=1S/C12H7BrFN3OS/c13-6-4-9(19-5-6)11-16-12(18-17-11)7-2-1-3-8(14)10(7)15/h1-5H,15H2. The lowest BCUT2D eigenvalue weighted by molar-refractivity contribution is 0.432. The minimum atomic E-state index is -0.504. The lowest BCUT2D eigenvalue weighted by Crippen LogP contribution is -1.94. The van der Waals surface area contributed by atoms with Crippen molar-refractivity contribution in [2.24, 2.45) is 0 Å². The van der Waals surface area contributed by atoms with Gasteiger partial charge in [0.2, 0.25) is 5.82 Å². The van der Waals surface area contributed by atoms with Gasteiger partial charge >= 0.3 is 0 Å². The maximum Gasteiger partial charge on any atom is 0.260 e. The van der Waals surface area contributed by atoms with Crippen molar-refractivity contribution in [3.8, 4) is 22.2 Å². The second kappa shape index (κ2) is 4.75. The Kier molecular flexibility index (Phi) is 3.08. The Morgan fingerprint density at radius 1 is 1.37 bits per heavy atom. The van der Waals surface area contributed by atoms with E-state index in [0.717, 1.165) is 9.35 Å². The highest BCUT2D eigenvalue weighted by molar-refractivity contribution is 9.10. The predicted octanol–water partition coefficient (Wildman–Crippen LogP) is 3.95. The van der Waals surface area contributed by atoms with E-state index < -0.39 is 5.82 Å². The number of nitrogen functional groups attached to an aromatic ring is 1. The van der Waals surface area contributed by atoms with E-state index in [9.17, 15) is 4.39 Å². The van der Waals surface area contributed by atoms with Gasteiger partial charge in [-0.1, -0.05) is 11.2 Å². The molecule has 0 radical (unpaired) electrons. The van der Waals surface area contributed by atoms with Crippen LogP contribution in [-0.2, 0) is 0 Å². The summed E-state index contributed by atoms with van der Waals surface area (Å²) < 4.78 is 19.5. The van der Waals surface area contributed by atoms with Gasteiger partial charge in [-0.05, 0) is 34.1 Å². The van der Waals surface area contributed by atoms with Crippen molar-refractivity contribution in [3.05, 3.63) is 39.9 Å². The van der Waals surface area contributed by atoms with Crippen molar-refractivity contribution in [1.29, 1.82) is 0 Å². The van der Waals surface area contributed by atoms with Crippen LogP contribution in [0.4, 0.5) is 10.1 Å². The van der Waals surface area contributed by atoms with E-state index in [-0.39, 0.29) is 11.6 Å². The van der Waals surface area contributed by atoms with Crippen LogP contribution in [0.1, 0.15) is 0 Å². The van der Waals surface area contributed by atoms with Gasteiger partial charge in [0, 0.05) is 9.85 Å². The number of nitrogens with two attached hydrogens (primary N) is 1. The van der Waals surface area contributed by atoms with Crippen molar-refractivity contribution in [1.82, 2.24) is 10.1 Å². The molecule has 1 aromatic carbocycles. The molecule has 2 N–H and O–H groups in total. The molecule has 2 heterocycles. The van der Waals surface area contributed by atoms with E-state index in [1.54, 1.807) is 12.1 Å². The van der Waals surface area contributed by atoms with Crippen molar-refractivity contribution in [2.45, 2.75) is 0 Å². The summed E-state index contributed by atoms with van der Waals surface area (Å²) in [4.78, 5) is 5.09. The highest BCUT2D eigenvalue weighted by Crippen LogP contribution is 2.31. The molecule has 0 spiro atoms. The summed E-state index contributed by atoms with van der Waals surface area (Å²) in [6.07, 6.45) is 0. The van der Waals surface area contributed by atoms with Gasteiger partial charge in [0.25, 0.3) is 5.89 Å². The third-order valence-electron chi connectivity index (χ3n) is 2.50. The number of hydrogen-bond donors (Lipinski definition) is 1. The van der Waals surface area contributed by atoms with Crippen LogP contribution in [0.25, 0.3) is 22.2 Å². The molecule has 0 unspecified atom stereocenters. The minimum Gasteiger partial charge on any atom is -0.396 e. The third kappa shape index (κ3) is 2.26. The SMILES string of the molecule is Nc1c(F)cccc1-c1nc(-c2cc(Br)cs2)no1. The molecule has 0 saturated heterocycles. The van der Waals surface area contributed by atoms with Crippen LogP contribution in [0, 0.1) is 5.82 Å². The van der Waals surface area contributed by atoms with Gasteiger partial charge < -0.3 is 10.3 Å². The number of halogens is 2. The first kappa shape index (κ1) is 12.3. The second-order valence-corrected chi connectivity index (χ2v) is 5.58. The molecule has 0 aliphatic carbocycles. The molecule has 0 bridgehead atoms. The maximum atomic E-state index is 13.4. The predicted molar refractivity (Wildman–Crippen MR) is 75.1 cm³/mol. The third-order valence-corrected chi connectivity index (χ3v) is 4.18. The Labute approximate surface area is 120 Å². The molecule has 4 nitrogen and oxygen atoms in total. The van der Waals surface area contributed by atoms with E-state index in [0.29, 0.717) is 11.4 Å². The Balaban J connectivity index is 2.04. The molecule has 0 aliphatic rings. The quantitative estimate of drug-likeness (QED) is 0.718. The molecular weight excluding hydrogens is 333 g/mol. The van der Waals surface area contributed by atoms with Crippen LogP contribution in [0.15, 0.2) is 38.6 Å². The highest BCUT2D eigenvalue weighted by Gasteiger charge is 2.15. The first-order chi connectivity index (χ1) is 9.15. The van der Waals surface area contributed by atoms with Crippen LogP contribution >= 0.6 is 27.3 Å². The summed E-state index contributed by atoms with van der Waals surface area (Å²) >= 11 is 4.84. The van der Waals surface area contributed by atoms with Crippen molar-refractivity contribution >= 4 is 33.0 Å². The molecule has 7 heteroatoms. The van der Waals surface area contributed by atoms with E-state index in [1.165, 1.54) is 17.4 Å². The van der Waals surface area contributed by atoms with Gasteiger partial charge in [-0.2, -0.15) is 4.98 Å². The van der Waals surface area contributed by atoms with Gasteiger partial charge in [-0.25, -0.2) is 4.39 Å².